The Morgan fingerprint density at radius 2 is 2.00 bits per heavy atom. The molecule has 0 unspecified atom stereocenters. The fraction of sp³-hybridized carbons (Fsp3) is 0.150. The molecular formula is C20H18N4O3. The first-order valence-electron chi connectivity index (χ1n) is 8.57. The molecule has 3 aromatic rings. The molecule has 0 saturated heterocycles. The first kappa shape index (κ1) is 16.8. The van der Waals surface area contributed by atoms with Gasteiger partial charge >= 0.3 is 0 Å². The van der Waals surface area contributed by atoms with Crippen molar-refractivity contribution in [2.24, 2.45) is 0 Å². The van der Waals surface area contributed by atoms with Crippen LogP contribution in [0.1, 0.15) is 26.4 Å². The van der Waals surface area contributed by atoms with Crippen LogP contribution in [-0.2, 0) is 6.42 Å². The Kier molecular flexibility index (Phi) is 4.33. The zero-order valence-electron chi connectivity index (χ0n) is 14.7. The van der Waals surface area contributed by atoms with E-state index in [1.807, 2.05) is 30.3 Å². The second-order valence-corrected chi connectivity index (χ2v) is 6.20. The van der Waals surface area contributed by atoms with Gasteiger partial charge in [-0.2, -0.15) is 5.10 Å². The predicted molar refractivity (Wildman–Crippen MR) is 101 cm³/mol. The molecule has 0 aliphatic carbocycles. The molecule has 2 heterocycles. The Labute approximate surface area is 155 Å². The molecule has 3 N–H and O–H groups in total. The van der Waals surface area contributed by atoms with Crippen LogP contribution in [0.15, 0.2) is 48.5 Å². The molecule has 136 valence electrons. The van der Waals surface area contributed by atoms with E-state index in [1.54, 1.807) is 25.3 Å². The highest BCUT2D eigenvalue weighted by Crippen LogP contribution is 2.28. The van der Waals surface area contributed by atoms with E-state index in [1.165, 1.54) is 0 Å². The molecule has 2 amide bonds. The van der Waals surface area contributed by atoms with E-state index in [4.69, 9.17) is 4.74 Å². The van der Waals surface area contributed by atoms with Gasteiger partial charge in [0.05, 0.1) is 12.8 Å². The number of nitrogens with one attached hydrogen (secondary N) is 3. The lowest BCUT2D eigenvalue weighted by Gasteiger charge is -2.17. The Balaban J connectivity index is 1.55. The number of fused-ring (bicyclic) bond motifs is 1. The molecule has 0 spiro atoms. The van der Waals surface area contributed by atoms with E-state index in [0.717, 1.165) is 17.5 Å². The standard InChI is InChI=1S/C20H18N4O3/c1-27-18-5-3-2-4-14(18)16-11-17(24-23-16)20(26)22-13-7-6-12-8-9-21-19(25)15(12)10-13/h2-7,10-11H,8-9H2,1H3,(H,21,25)(H,22,26)(H,23,24). The summed E-state index contributed by atoms with van der Waals surface area (Å²) >= 11 is 0. The third-order valence-corrected chi connectivity index (χ3v) is 4.50. The van der Waals surface area contributed by atoms with E-state index in [0.29, 0.717) is 34.9 Å². The van der Waals surface area contributed by atoms with Crippen LogP contribution in [0.4, 0.5) is 5.69 Å². The van der Waals surface area contributed by atoms with Gasteiger partial charge in [0.25, 0.3) is 11.8 Å². The largest absolute Gasteiger partial charge is 0.496 e. The van der Waals surface area contributed by atoms with E-state index >= 15 is 0 Å². The van der Waals surface area contributed by atoms with Crippen LogP contribution in [-0.4, -0.2) is 35.7 Å². The van der Waals surface area contributed by atoms with Crippen LogP contribution in [0.5, 0.6) is 5.75 Å². The fourth-order valence-corrected chi connectivity index (χ4v) is 3.12. The van der Waals surface area contributed by atoms with Gasteiger partial charge in [0, 0.05) is 23.4 Å². The molecule has 0 bridgehead atoms. The van der Waals surface area contributed by atoms with Gasteiger partial charge in [-0.25, -0.2) is 0 Å². The van der Waals surface area contributed by atoms with Crippen molar-refractivity contribution in [1.29, 1.82) is 0 Å². The zero-order chi connectivity index (χ0) is 18.8. The number of carbonyl (C=O) groups is 2. The molecule has 4 rings (SSSR count). The smallest absolute Gasteiger partial charge is 0.273 e. The third kappa shape index (κ3) is 3.27. The summed E-state index contributed by atoms with van der Waals surface area (Å²) in [5.41, 5.74) is 3.86. The van der Waals surface area contributed by atoms with Crippen LogP contribution in [0.2, 0.25) is 0 Å². The number of hydrogen-bond donors (Lipinski definition) is 3. The maximum atomic E-state index is 12.5. The quantitative estimate of drug-likeness (QED) is 0.665. The number of carbonyl (C=O) groups excluding carboxylic acids is 2. The molecular weight excluding hydrogens is 344 g/mol. The molecule has 0 radical (unpaired) electrons. The Hall–Kier alpha value is -3.61. The number of rotatable bonds is 4. The summed E-state index contributed by atoms with van der Waals surface area (Å²) < 4.78 is 5.34. The Morgan fingerprint density at radius 3 is 2.85 bits per heavy atom. The molecule has 0 atom stereocenters. The molecule has 1 aromatic heterocycles. The highest BCUT2D eigenvalue weighted by Gasteiger charge is 2.18. The summed E-state index contributed by atoms with van der Waals surface area (Å²) in [6.45, 7) is 0.636. The van der Waals surface area contributed by atoms with Crippen LogP contribution >= 0.6 is 0 Å². The topological polar surface area (TPSA) is 96.1 Å². The highest BCUT2D eigenvalue weighted by atomic mass is 16.5. The van der Waals surface area contributed by atoms with Crippen LogP contribution in [0.25, 0.3) is 11.3 Å². The number of ether oxygens (including phenoxy) is 1. The summed E-state index contributed by atoms with van der Waals surface area (Å²) in [4.78, 5) is 24.5. The van der Waals surface area contributed by atoms with E-state index in [-0.39, 0.29) is 11.8 Å². The number of benzene rings is 2. The zero-order valence-corrected chi connectivity index (χ0v) is 14.7. The monoisotopic (exact) mass is 362 g/mol. The maximum absolute atomic E-state index is 12.5. The average Bonchev–Trinajstić information content (AvgIpc) is 3.19. The number of anilines is 1. The van der Waals surface area contributed by atoms with Crippen LogP contribution in [0.3, 0.4) is 0 Å². The number of nitrogens with zero attached hydrogens (tertiary/aromatic N) is 1. The van der Waals surface area contributed by atoms with Gasteiger partial charge in [-0.1, -0.05) is 18.2 Å². The van der Waals surface area contributed by atoms with Crippen LogP contribution < -0.4 is 15.4 Å². The molecule has 1 aliphatic heterocycles. The lowest BCUT2D eigenvalue weighted by molar-refractivity contribution is 0.0944. The van der Waals surface area contributed by atoms with E-state index < -0.39 is 0 Å². The first-order chi connectivity index (χ1) is 13.2. The predicted octanol–water partition coefficient (Wildman–Crippen LogP) is 2.62. The summed E-state index contributed by atoms with van der Waals surface area (Å²) in [6, 6.07) is 14.5. The van der Waals surface area contributed by atoms with Crippen molar-refractivity contribution in [3.05, 3.63) is 65.4 Å². The summed E-state index contributed by atoms with van der Waals surface area (Å²) in [5, 5.41) is 12.6. The minimum atomic E-state index is -0.334. The average molecular weight is 362 g/mol. The van der Waals surface area contributed by atoms with Gasteiger partial charge in [0.1, 0.15) is 11.4 Å². The summed E-state index contributed by atoms with van der Waals surface area (Å²) in [6.07, 6.45) is 0.790. The second-order valence-electron chi connectivity index (χ2n) is 6.20. The molecule has 1 aliphatic rings. The summed E-state index contributed by atoms with van der Waals surface area (Å²) in [7, 11) is 1.59. The normalized spacial score (nSPS) is 12.9. The second kappa shape index (κ2) is 6.95. The van der Waals surface area contributed by atoms with Gasteiger partial charge in [-0.15, -0.1) is 0 Å². The fourth-order valence-electron chi connectivity index (χ4n) is 3.12. The van der Waals surface area contributed by atoms with Gasteiger partial charge < -0.3 is 15.4 Å². The van der Waals surface area contributed by atoms with Crippen molar-refractivity contribution in [2.75, 3.05) is 19.0 Å². The highest BCUT2D eigenvalue weighted by molar-refractivity contribution is 6.05. The van der Waals surface area contributed by atoms with E-state index in [9.17, 15) is 9.59 Å². The molecule has 7 heteroatoms. The lowest BCUT2D eigenvalue weighted by atomic mass is 10.00. The number of hydrogen-bond acceptors (Lipinski definition) is 4. The van der Waals surface area contributed by atoms with Crippen molar-refractivity contribution >= 4 is 17.5 Å². The molecule has 27 heavy (non-hydrogen) atoms. The number of aromatic nitrogens is 2. The number of amides is 2. The Bertz CT molecular complexity index is 1030. The minimum Gasteiger partial charge on any atom is -0.496 e. The van der Waals surface area contributed by atoms with Crippen molar-refractivity contribution in [1.82, 2.24) is 15.5 Å². The van der Waals surface area contributed by atoms with E-state index in [2.05, 4.69) is 20.8 Å². The maximum Gasteiger partial charge on any atom is 0.273 e. The van der Waals surface area contributed by atoms with Crippen molar-refractivity contribution in [3.63, 3.8) is 0 Å². The SMILES string of the molecule is COc1ccccc1-c1cc(C(=O)Nc2ccc3c(c2)C(=O)NCC3)[nH]n1. The molecule has 0 fully saturated rings. The number of H-pyrrole nitrogens is 1. The van der Waals surface area contributed by atoms with Gasteiger partial charge in [0.2, 0.25) is 0 Å². The number of aromatic amines is 1. The summed E-state index contributed by atoms with van der Waals surface area (Å²) in [5.74, 6) is 0.226. The molecule has 7 nitrogen and oxygen atoms in total. The third-order valence-electron chi connectivity index (χ3n) is 4.50. The molecule has 2 aromatic carbocycles. The lowest BCUT2D eigenvalue weighted by Crippen LogP contribution is -2.31. The molecule has 0 saturated carbocycles. The van der Waals surface area contributed by atoms with Crippen molar-refractivity contribution in [3.8, 4) is 17.0 Å². The van der Waals surface area contributed by atoms with Gasteiger partial charge in [-0.3, -0.25) is 14.7 Å². The Morgan fingerprint density at radius 1 is 1.15 bits per heavy atom. The van der Waals surface area contributed by atoms with Crippen molar-refractivity contribution < 1.29 is 14.3 Å². The van der Waals surface area contributed by atoms with Crippen molar-refractivity contribution in [2.45, 2.75) is 6.42 Å². The first-order valence-corrected chi connectivity index (χ1v) is 8.57. The number of methoxy groups -OCH3 is 1. The van der Waals surface area contributed by atoms with Gasteiger partial charge in [0.15, 0.2) is 0 Å². The minimum absolute atomic E-state index is 0.118. The van der Waals surface area contributed by atoms with Gasteiger partial charge in [-0.05, 0) is 42.3 Å². The van der Waals surface area contributed by atoms with Crippen LogP contribution in [0, 0.1) is 0 Å². The number of para-hydroxylation sites is 1.